The summed E-state index contributed by atoms with van der Waals surface area (Å²) in [5.74, 6) is 0.892. The van der Waals surface area contributed by atoms with Gasteiger partial charge in [0, 0.05) is 29.6 Å². The number of rotatable bonds is 9. The van der Waals surface area contributed by atoms with Crippen LogP contribution in [-0.4, -0.2) is 49.7 Å². The summed E-state index contributed by atoms with van der Waals surface area (Å²) in [7, 11) is 3.08. The number of methoxy groups -OCH3 is 2. The third-order valence-electron chi connectivity index (χ3n) is 4.99. The third-order valence-corrected chi connectivity index (χ3v) is 4.99. The van der Waals surface area contributed by atoms with Crippen LogP contribution in [0.15, 0.2) is 53.6 Å². The summed E-state index contributed by atoms with van der Waals surface area (Å²) in [6, 6.07) is 13.2. The van der Waals surface area contributed by atoms with Crippen molar-refractivity contribution in [1.82, 2.24) is 10.2 Å². The monoisotopic (exact) mass is 425 g/mol. The molecular weight excluding hydrogens is 402 g/mol. The molecule has 0 aliphatic carbocycles. The van der Waals surface area contributed by atoms with Crippen LogP contribution in [0.5, 0.6) is 11.5 Å². The Labute approximate surface area is 179 Å². The average Bonchev–Trinajstić information content (AvgIpc) is 2.81. The molecule has 3 rings (SSSR count). The second-order valence-corrected chi connectivity index (χ2v) is 6.81. The minimum Gasteiger partial charge on any atom is -0.497 e. The molecular formula is C21H23N5O5. The lowest BCUT2D eigenvalue weighted by Crippen LogP contribution is -2.71. The minimum atomic E-state index is -0.835. The predicted molar refractivity (Wildman–Crippen MR) is 111 cm³/mol. The summed E-state index contributed by atoms with van der Waals surface area (Å²) in [6.45, 7) is 0.334. The first-order valence-corrected chi connectivity index (χ1v) is 9.56. The number of hydrogen-bond donors (Lipinski definition) is 1. The molecule has 0 unspecified atom stereocenters. The molecule has 0 spiro atoms. The Bertz CT molecular complexity index is 977. The molecule has 0 radical (unpaired) electrons. The Kier molecular flexibility index (Phi) is 7.18. The molecule has 162 valence electrons. The van der Waals surface area contributed by atoms with Gasteiger partial charge in [-0.15, -0.1) is 0 Å². The Balaban J connectivity index is 1.65. The van der Waals surface area contributed by atoms with Crippen molar-refractivity contribution in [2.45, 2.75) is 25.2 Å². The summed E-state index contributed by atoms with van der Waals surface area (Å²) in [6.07, 6.45) is -0.713. The van der Waals surface area contributed by atoms with Crippen molar-refractivity contribution >= 4 is 12.0 Å². The van der Waals surface area contributed by atoms with Gasteiger partial charge < -0.3 is 24.4 Å². The first-order chi connectivity index (χ1) is 15.1. The number of nitrogens with zero attached hydrogens (tertiary/aromatic N) is 4. The number of alkyl carbamates (subject to hydrolysis) is 1. The number of carbonyl (C=O) groups excluding carboxylic acids is 2. The molecule has 1 heterocycles. The van der Waals surface area contributed by atoms with E-state index in [9.17, 15) is 9.59 Å². The second-order valence-electron chi connectivity index (χ2n) is 6.81. The molecule has 0 bridgehead atoms. The van der Waals surface area contributed by atoms with Gasteiger partial charge in [0.15, 0.2) is 0 Å². The van der Waals surface area contributed by atoms with E-state index in [4.69, 9.17) is 19.7 Å². The fourth-order valence-corrected chi connectivity index (χ4v) is 3.34. The number of hydrogen-bond acceptors (Lipinski definition) is 6. The number of nitrogens with one attached hydrogen (secondary N) is 1. The quantitative estimate of drug-likeness (QED) is 0.286. The van der Waals surface area contributed by atoms with Gasteiger partial charge in [-0.3, -0.25) is 4.79 Å². The molecule has 1 aliphatic rings. The molecule has 2 atom stereocenters. The van der Waals surface area contributed by atoms with E-state index in [0.29, 0.717) is 11.5 Å². The molecule has 2 aromatic carbocycles. The highest BCUT2D eigenvalue weighted by Crippen LogP contribution is 2.30. The number of amides is 2. The SMILES string of the molecule is COc1ccc(CN2C(=O)[C@@H](NC(=O)OCc3ccccc3)[C@H]2CN=[N+]=[N-])c(OC)c1. The molecule has 31 heavy (non-hydrogen) atoms. The summed E-state index contributed by atoms with van der Waals surface area (Å²) in [4.78, 5) is 29.2. The summed E-state index contributed by atoms with van der Waals surface area (Å²) < 4.78 is 15.8. The number of likely N-dealkylation sites (tertiary alicyclic amines) is 1. The molecule has 1 aliphatic heterocycles. The van der Waals surface area contributed by atoms with Gasteiger partial charge >= 0.3 is 6.09 Å². The zero-order valence-corrected chi connectivity index (χ0v) is 17.2. The number of carbonyl (C=O) groups is 2. The van der Waals surface area contributed by atoms with E-state index < -0.39 is 18.2 Å². The highest BCUT2D eigenvalue weighted by Gasteiger charge is 2.48. The normalized spacial score (nSPS) is 17.2. The fourth-order valence-electron chi connectivity index (χ4n) is 3.34. The topological polar surface area (TPSA) is 126 Å². The summed E-state index contributed by atoms with van der Waals surface area (Å²) in [5, 5.41) is 6.16. The van der Waals surface area contributed by atoms with Crippen LogP contribution in [0, 0.1) is 0 Å². The van der Waals surface area contributed by atoms with E-state index in [0.717, 1.165) is 11.1 Å². The van der Waals surface area contributed by atoms with Crippen molar-refractivity contribution in [3.05, 3.63) is 70.1 Å². The standard InChI is InChI=1S/C21H23N5O5/c1-29-16-9-8-15(18(10-16)30-2)12-26-17(11-23-25-22)19(20(26)27)24-21(28)31-13-14-6-4-3-5-7-14/h3-10,17,19H,11-13H2,1-2H3,(H,24,28)/t17-,19+/m1/s1. The van der Waals surface area contributed by atoms with Crippen molar-refractivity contribution in [2.75, 3.05) is 20.8 Å². The van der Waals surface area contributed by atoms with Gasteiger partial charge in [-0.25, -0.2) is 4.79 Å². The van der Waals surface area contributed by atoms with Crippen LogP contribution in [0.2, 0.25) is 0 Å². The number of benzene rings is 2. The van der Waals surface area contributed by atoms with Crippen LogP contribution in [0.1, 0.15) is 11.1 Å². The first kappa shape index (κ1) is 21.8. The molecule has 0 saturated carbocycles. The molecule has 2 aromatic rings. The highest BCUT2D eigenvalue weighted by atomic mass is 16.5. The molecule has 10 heteroatoms. The maximum Gasteiger partial charge on any atom is 0.408 e. The largest absolute Gasteiger partial charge is 0.497 e. The summed E-state index contributed by atoms with van der Waals surface area (Å²) in [5.41, 5.74) is 10.3. The zero-order chi connectivity index (χ0) is 22.2. The third kappa shape index (κ3) is 5.18. The van der Waals surface area contributed by atoms with Crippen molar-refractivity contribution in [3.63, 3.8) is 0 Å². The number of β-lactam (4-membered cyclic amide) rings is 1. The number of azide groups is 1. The van der Waals surface area contributed by atoms with Crippen molar-refractivity contribution in [1.29, 1.82) is 0 Å². The Hall–Kier alpha value is -3.91. The van der Waals surface area contributed by atoms with E-state index >= 15 is 0 Å². The van der Waals surface area contributed by atoms with Gasteiger partial charge in [-0.2, -0.15) is 0 Å². The van der Waals surface area contributed by atoms with Crippen LogP contribution < -0.4 is 14.8 Å². The van der Waals surface area contributed by atoms with Crippen molar-refractivity contribution in [2.24, 2.45) is 5.11 Å². The second kappa shape index (κ2) is 10.2. The van der Waals surface area contributed by atoms with Gasteiger partial charge in [0.05, 0.1) is 20.3 Å². The minimum absolute atomic E-state index is 0.0182. The maximum absolute atomic E-state index is 12.7. The molecule has 10 nitrogen and oxygen atoms in total. The van der Waals surface area contributed by atoms with E-state index in [2.05, 4.69) is 15.3 Å². The lowest BCUT2D eigenvalue weighted by atomic mass is 9.94. The van der Waals surface area contributed by atoms with E-state index in [1.165, 1.54) is 12.0 Å². The van der Waals surface area contributed by atoms with Gasteiger partial charge in [0.2, 0.25) is 5.91 Å². The van der Waals surface area contributed by atoms with E-state index in [1.807, 2.05) is 30.3 Å². The lowest BCUT2D eigenvalue weighted by molar-refractivity contribution is -0.151. The van der Waals surface area contributed by atoms with Crippen molar-refractivity contribution < 1.29 is 23.8 Å². The van der Waals surface area contributed by atoms with Crippen LogP contribution in [-0.2, 0) is 22.7 Å². The van der Waals surface area contributed by atoms with Gasteiger partial charge in [-0.1, -0.05) is 35.4 Å². The van der Waals surface area contributed by atoms with Gasteiger partial charge in [0.25, 0.3) is 0 Å². The van der Waals surface area contributed by atoms with Gasteiger partial charge in [0.1, 0.15) is 24.1 Å². The number of ether oxygens (including phenoxy) is 3. The Morgan fingerprint density at radius 3 is 2.65 bits per heavy atom. The van der Waals surface area contributed by atoms with E-state index in [1.54, 1.807) is 25.3 Å². The molecule has 1 N–H and O–H groups in total. The molecule has 1 fully saturated rings. The molecule has 0 aromatic heterocycles. The highest BCUT2D eigenvalue weighted by molar-refractivity contribution is 5.92. The smallest absolute Gasteiger partial charge is 0.408 e. The Morgan fingerprint density at radius 2 is 1.97 bits per heavy atom. The maximum atomic E-state index is 12.7. The predicted octanol–water partition coefficient (Wildman–Crippen LogP) is 3.02. The molecule has 1 saturated heterocycles. The first-order valence-electron chi connectivity index (χ1n) is 9.56. The fraction of sp³-hybridized carbons (Fsp3) is 0.333. The van der Waals surface area contributed by atoms with Crippen molar-refractivity contribution in [3.8, 4) is 11.5 Å². The van der Waals surface area contributed by atoms with Crippen LogP contribution in [0.25, 0.3) is 10.4 Å². The van der Waals surface area contributed by atoms with Crippen LogP contribution in [0.3, 0.4) is 0 Å². The van der Waals surface area contributed by atoms with Crippen LogP contribution >= 0.6 is 0 Å². The summed E-state index contributed by atoms with van der Waals surface area (Å²) >= 11 is 0. The van der Waals surface area contributed by atoms with Gasteiger partial charge in [-0.05, 0) is 23.2 Å². The average molecular weight is 425 g/mol. The van der Waals surface area contributed by atoms with Crippen LogP contribution in [0.4, 0.5) is 4.79 Å². The zero-order valence-electron chi connectivity index (χ0n) is 17.2. The van der Waals surface area contributed by atoms with E-state index in [-0.39, 0.29) is 25.6 Å². The Morgan fingerprint density at radius 1 is 1.19 bits per heavy atom. The molecule has 2 amide bonds. The lowest BCUT2D eigenvalue weighted by Gasteiger charge is -2.46.